The Balaban J connectivity index is 1.37. The summed E-state index contributed by atoms with van der Waals surface area (Å²) in [6.45, 7) is 1.67. The lowest BCUT2D eigenvalue weighted by Crippen LogP contribution is -2.45. The van der Waals surface area contributed by atoms with Crippen molar-refractivity contribution in [3.63, 3.8) is 0 Å². The number of pyridine rings is 1. The Morgan fingerprint density at radius 2 is 1.93 bits per heavy atom. The number of fused-ring (bicyclic) bond motifs is 3. The SMILES string of the molecule is O=C1O[C@@H](CO)[C@@H]2COc3cc(-c4ccc(N5CCC(O)CC5)nc4)ccc3N12. The molecule has 0 aliphatic carbocycles. The van der Waals surface area contributed by atoms with E-state index in [9.17, 15) is 15.0 Å². The minimum absolute atomic E-state index is 0.207. The van der Waals surface area contributed by atoms with Gasteiger partial charge in [-0.1, -0.05) is 6.07 Å². The maximum atomic E-state index is 12.2. The van der Waals surface area contributed by atoms with Crippen molar-refractivity contribution in [1.29, 1.82) is 0 Å². The van der Waals surface area contributed by atoms with Crippen LogP contribution in [0.25, 0.3) is 11.1 Å². The van der Waals surface area contributed by atoms with Crippen LogP contribution in [-0.4, -0.2) is 65.8 Å². The summed E-state index contributed by atoms with van der Waals surface area (Å²) >= 11 is 0. The number of cyclic esters (lactones) is 1. The number of carbonyl (C=O) groups excluding carboxylic acids is 1. The first-order valence-corrected chi connectivity index (χ1v) is 9.91. The van der Waals surface area contributed by atoms with E-state index >= 15 is 0 Å². The van der Waals surface area contributed by atoms with Crippen LogP contribution >= 0.6 is 0 Å². The molecule has 1 aromatic carbocycles. The highest BCUT2D eigenvalue weighted by atomic mass is 16.6. The maximum absolute atomic E-state index is 12.2. The fraction of sp³-hybridized carbons (Fsp3) is 0.429. The molecule has 0 bridgehead atoms. The first-order chi connectivity index (χ1) is 14.1. The molecule has 2 N–H and O–H groups in total. The number of anilines is 2. The van der Waals surface area contributed by atoms with Gasteiger partial charge in [0.2, 0.25) is 0 Å². The normalized spacial score (nSPS) is 24.0. The number of rotatable bonds is 3. The van der Waals surface area contributed by atoms with Gasteiger partial charge in [0.25, 0.3) is 0 Å². The molecule has 2 saturated heterocycles. The average Bonchev–Trinajstić information content (AvgIpc) is 3.10. The molecule has 8 nitrogen and oxygen atoms in total. The molecule has 0 saturated carbocycles. The number of nitrogens with zero attached hydrogens (tertiary/aromatic N) is 3. The molecule has 0 spiro atoms. The highest BCUT2D eigenvalue weighted by Crippen LogP contribution is 2.41. The summed E-state index contributed by atoms with van der Waals surface area (Å²) in [6, 6.07) is 9.38. The average molecular weight is 397 g/mol. The van der Waals surface area contributed by atoms with Crippen LogP contribution in [0.4, 0.5) is 16.3 Å². The van der Waals surface area contributed by atoms with E-state index in [-0.39, 0.29) is 25.4 Å². The monoisotopic (exact) mass is 397 g/mol. The first kappa shape index (κ1) is 18.2. The van der Waals surface area contributed by atoms with Gasteiger partial charge in [-0.15, -0.1) is 0 Å². The van der Waals surface area contributed by atoms with Gasteiger partial charge in [-0.2, -0.15) is 0 Å². The van der Waals surface area contributed by atoms with Crippen LogP contribution in [-0.2, 0) is 4.74 Å². The van der Waals surface area contributed by atoms with Crippen molar-refractivity contribution in [3.05, 3.63) is 36.5 Å². The molecule has 2 aromatic rings. The fourth-order valence-corrected chi connectivity index (χ4v) is 4.21. The summed E-state index contributed by atoms with van der Waals surface area (Å²) in [6.07, 6.45) is 2.14. The maximum Gasteiger partial charge on any atom is 0.415 e. The molecule has 1 amide bonds. The quantitative estimate of drug-likeness (QED) is 0.815. The lowest BCUT2D eigenvalue weighted by molar-refractivity contribution is 0.0734. The molecular weight excluding hydrogens is 374 g/mol. The Morgan fingerprint density at radius 1 is 1.14 bits per heavy atom. The molecule has 4 heterocycles. The first-order valence-electron chi connectivity index (χ1n) is 9.91. The van der Waals surface area contributed by atoms with Gasteiger partial charge < -0.3 is 24.6 Å². The topological polar surface area (TPSA) is 95.4 Å². The smallest absolute Gasteiger partial charge is 0.415 e. The fourth-order valence-electron chi connectivity index (χ4n) is 4.21. The molecule has 1 aromatic heterocycles. The number of ether oxygens (including phenoxy) is 2. The second kappa shape index (κ2) is 7.20. The summed E-state index contributed by atoms with van der Waals surface area (Å²) in [5, 5.41) is 19.1. The molecule has 0 radical (unpaired) electrons. The minimum Gasteiger partial charge on any atom is -0.489 e. The van der Waals surface area contributed by atoms with Gasteiger partial charge in [0.15, 0.2) is 6.10 Å². The zero-order valence-electron chi connectivity index (χ0n) is 15.9. The second-order valence-electron chi connectivity index (χ2n) is 7.66. The number of amides is 1. The number of hydrogen-bond acceptors (Lipinski definition) is 7. The number of aromatic nitrogens is 1. The molecule has 2 fully saturated rings. The van der Waals surface area contributed by atoms with E-state index < -0.39 is 12.2 Å². The third-order valence-electron chi connectivity index (χ3n) is 5.89. The van der Waals surface area contributed by atoms with Crippen LogP contribution in [0.5, 0.6) is 5.75 Å². The molecular formula is C21H23N3O5. The number of aliphatic hydroxyl groups excluding tert-OH is 2. The van der Waals surface area contributed by atoms with E-state index in [0.717, 1.165) is 42.9 Å². The zero-order chi connectivity index (χ0) is 20.0. The van der Waals surface area contributed by atoms with E-state index in [1.54, 1.807) is 4.90 Å². The third kappa shape index (κ3) is 3.18. The molecule has 29 heavy (non-hydrogen) atoms. The molecule has 3 aliphatic rings. The molecule has 8 heteroatoms. The largest absolute Gasteiger partial charge is 0.489 e. The third-order valence-corrected chi connectivity index (χ3v) is 5.89. The summed E-state index contributed by atoms with van der Waals surface area (Å²) in [5.41, 5.74) is 2.56. The Hall–Kier alpha value is -2.84. The van der Waals surface area contributed by atoms with E-state index in [1.165, 1.54) is 0 Å². The van der Waals surface area contributed by atoms with Gasteiger partial charge in [-0.3, -0.25) is 4.90 Å². The van der Waals surface area contributed by atoms with Crippen molar-refractivity contribution < 1.29 is 24.5 Å². The Morgan fingerprint density at radius 3 is 2.66 bits per heavy atom. The van der Waals surface area contributed by atoms with Gasteiger partial charge in [0.1, 0.15) is 24.2 Å². The van der Waals surface area contributed by atoms with Gasteiger partial charge in [-0.25, -0.2) is 9.78 Å². The van der Waals surface area contributed by atoms with Crippen LogP contribution in [0.15, 0.2) is 36.5 Å². The van der Waals surface area contributed by atoms with Gasteiger partial charge in [0, 0.05) is 24.8 Å². The van der Waals surface area contributed by atoms with Crippen molar-refractivity contribution in [1.82, 2.24) is 4.98 Å². The lowest BCUT2D eigenvalue weighted by atomic mass is 10.0. The van der Waals surface area contributed by atoms with E-state index in [4.69, 9.17) is 9.47 Å². The van der Waals surface area contributed by atoms with Crippen molar-refractivity contribution >= 4 is 17.6 Å². The van der Waals surface area contributed by atoms with Crippen molar-refractivity contribution in [3.8, 4) is 16.9 Å². The van der Waals surface area contributed by atoms with Crippen LogP contribution in [0, 0.1) is 0 Å². The number of hydrogen-bond donors (Lipinski definition) is 2. The van der Waals surface area contributed by atoms with Crippen LogP contribution in [0.2, 0.25) is 0 Å². The summed E-state index contributed by atoms with van der Waals surface area (Å²) in [7, 11) is 0. The van der Waals surface area contributed by atoms with E-state index in [0.29, 0.717) is 11.4 Å². The predicted octanol–water partition coefficient (Wildman–Crippen LogP) is 1.79. The molecule has 5 rings (SSSR count). The molecule has 0 unspecified atom stereocenters. The Kier molecular flexibility index (Phi) is 4.52. The van der Waals surface area contributed by atoms with E-state index in [2.05, 4.69) is 9.88 Å². The highest BCUT2D eigenvalue weighted by Gasteiger charge is 2.46. The molecule has 3 aliphatic heterocycles. The Bertz CT molecular complexity index is 911. The second-order valence-corrected chi connectivity index (χ2v) is 7.66. The van der Waals surface area contributed by atoms with Crippen LogP contribution in [0.1, 0.15) is 12.8 Å². The lowest BCUT2D eigenvalue weighted by Gasteiger charge is -2.31. The molecule has 152 valence electrons. The minimum atomic E-state index is -0.567. The standard InChI is InChI=1S/C21H23N3O5/c25-11-19-17-12-28-18-9-13(1-3-16(18)24(17)21(27)29-19)14-2-4-20(22-10-14)23-7-5-15(26)6-8-23/h1-4,9-10,15,17,19,25-26H,5-8,11-12H2/t17-,19-/m0/s1. The van der Waals surface area contributed by atoms with Crippen molar-refractivity contribution in [2.24, 2.45) is 0 Å². The summed E-state index contributed by atoms with van der Waals surface area (Å²) in [4.78, 5) is 20.6. The van der Waals surface area contributed by atoms with Crippen LogP contribution in [0.3, 0.4) is 0 Å². The van der Waals surface area contributed by atoms with Gasteiger partial charge >= 0.3 is 6.09 Å². The summed E-state index contributed by atoms with van der Waals surface area (Å²) < 4.78 is 11.1. The van der Waals surface area contributed by atoms with E-state index in [1.807, 2.05) is 36.5 Å². The predicted molar refractivity (Wildman–Crippen MR) is 106 cm³/mol. The number of carbonyl (C=O) groups is 1. The Labute approximate surface area is 168 Å². The van der Waals surface area contributed by atoms with Gasteiger partial charge in [-0.05, 0) is 42.7 Å². The van der Waals surface area contributed by atoms with Gasteiger partial charge in [0.05, 0.1) is 18.4 Å². The summed E-state index contributed by atoms with van der Waals surface area (Å²) in [5.74, 6) is 1.52. The molecule has 2 atom stereocenters. The van der Waals surface area contributed by atoms with Crippen LogP contribution < -0.4 is 14.5 Å². The van der Waals surface area contributed by atoms with Crippen molar-refractivity contribution in [2.75, 3.05) is 36.1 Å². The van der Waals surface area contributed by atoms with Crippen molar-refractivity contribution in [2.45, 2.75) is 31.1 Å². The zero-order valence-corrected chi connectivity index (χ0v) is 15.9. The number of piperidine rings is 1. The number of aliphatic hydroxyl groups is 2. The number of benzene rings is 1. The highest BCUT2D eigenvalue weighted by molar-refractivity contribution is 5.94.